The van der Waals surface area contributed by atoms with E-state index in [1.165, 1.54) is 22.9 Å². The van der Waals surface area contributed by atoms with Gasteiger partial charge in [0, 0.05) is 18.5 Å². The van der Waals surface area contributed by atoms with Crippen LogP contribution in [0.2, 0.25) is 0 Å². The molecule has 1 N–H and O–H groups in total. The Morgan fingerprint density at radius 2 is 2.00 bits per heavy atom. The van der Waals surface area contributed by atoms with Crippen LogP contribution in [0.3, 0.4) is 0 Å². The standard InChI is InChI=1S/C18H20FN3O2/c1-12(22-17(23)9-8-16(21-22)14-4-5-14)18(24)20-11-10-13-2-6-15(19)7-3-13/h2-3,6-9,12,14H,4-5,10-11H2,1H3,(H,20,24)/t12-/m1/s1. The van der Waals surface area contributed by atoms with E-state index in [4.69, 9.17) is 0 Å². The molecule has 0 unspecified atom stereocenters. The Morgan fingerprint density at radius 3 is 2.67 bits per heavy atom. The lowest BCUT2D eigenvalue weighted by atomic mass is 10.1. The van der Waals surface area contributed by atoms with Crippen LogP contribution in [0.5, 0.6) is 0 Å². The van der Waals surface area contributed by atoms with E-state index in [1.54, 1.807) is 25.1 Å². The number of carbonyl (C=O) groups is 1. The van der Waals surface area contributed by atoms with Crippen molar-refractivity contribution in [3.63, 3.8) is 0 Å². The number of nitrogens with one attached hydrogen (secondary N) is 1. The van der Waals surface area contributed by atoms with E-state index >= 15 is 0 Å². The van der Waals surface area contributed by atoms with Gasteiger partial charge < -0.3 is 5.32 Å². The van der Waals surface area contributed by atoms with E-state index in [0.29, 0.717) is 18.9 Å². The third kappa shape index (κ3) is 3.88. The predicted molar refractivity (Wildman–Crippen MR) is 88.3 cm³/mol. The maximum Gasteiger partial charge on any atom is 0.267 e. The lowest BCUT2D eigenvalue weighted by Gasteiger charge is -2.15. The summed E-state index contributed by atoms with van der Waals surface area (Å²) in [5, 5.41) is 7.14. The first-order chi connectivity index (χ1) is 11.5. The van der Waals surface area contributed by atoms with Crippen molar-refractivity contribution in [1.29, 1.82) is 0 Å². The summed E-state index contributed by atoms with van der Waals surface area (Å²) in [7, 11) is 0. The molecule has 1 aliphatic rings. The molecule has 1 amide bonds. The van der Waals surface area contributed by atoms with Crippen LogP contribution in [0.4, 0.5) is 4.39 Å². The Morgan fingerprint density at radius 1 is 1.29 bits per heavy atom. The Labute approximate surface area is 139 Å². The van der Waals surface area contributed by atoms with Gasteiger partial charge in [0.25, 0.3) is 5.56 Å². The molecular formula is C18H20FN3O2. The molecular weight excluding hydrogens is 309 g/mol. The van der Waals surface area contributed by atoms with Crippen LogP contribution in [-0.4, -0.2) is 22.2 Å². The number of aromatic nitrogens is 2. The monoisotopic (exact) mass is 329 g/mol. The Balaban J connectivity index is 1.59. The molecule has 1 aliphatic carbocycles. The molecule has 1 fully saturated rings. The summed E-state index contributed by atoms with van der Waals surface area (Å²) in [5.41, 5.74) is 1.54. The molecule has 1 aromatic heterocycles. The molecule has 126 valence electrons. The van der Waals surface area contributed by atoms with Gasteiger partial charge in [-0.05, 0) is 49.9 Å². The highest BCUT2D eigenvalue weighted by atomic mass is 19.1. The second kappa shape index (κ2) is 6.95. The Bertz CT molecular complexity index is 782. The molecule has 0 radical (unpaired) electrons. The molecule has 3 rings (SSSR count). The van der Waals surface area contributed by atoms with Crippen molar-refractivity contribution in [2.75, 3.05) is 6.54 Å². The van der Waals surface area contributed by atoms with Gasteiger partial charge >= 0.3 is 0 Å². The minimum Gasteiger partial charge on any atom is -0.354 e. The molecule has 24 heavy (non-hydrogen) atoms. The SMILES string of the molecule is C[C@H](C(=O)NCCc1ccc(F)cc1)n1nc(C2CC2)ccc1=O. The van der Waals surface area contributed by atoms with E-state index in [-0.39, 0.29) is 17.3 Å². The van der Waals surface area contributed by atoms with Gasteiger partial charge in [0.2, 0.25) is 5.91 Å². The summed E-state index contributed by atoms with van der Waals surface area (Å²) in [4.78, 5) is 24.2. The topological polar surface area (TPSA) is 64.0 Å². The first-order valence-corrected chi connectivity index (χ1v) is 8.16. The Hall–Kier alpha value is -2.50. The maximum absolute atomic E-state index is 12.9. The lowest BCUT2D eigenvalue weighted by Crippen LogP contribution is -2.38. The van der Waals surface area contributed by atoms with Crippen LogP contribution in [-0.2, 0) is 11.2 Å². The molecule has 1 atom stereocenters. The predicted octanol–water partition coefficient (Wildman–Crippen LogP) is 2.18. The van der Waals surface area contributed by atoms with Crippen molar-refractivity contribution in [3.8, 4) is 0 Å². The van der Waals surface area contributed by atoms with Gasteiger partial charge in [-0.3, -0.25) is 9.59 Å². The smallest absolute Gasteiger partial charge is 0.267 e. The number of benzene rings is 1. The van der Waals surface area contributed by atoms with Gasteiger partial charge in [-0.15, -0.1) is 0 Å². The highest BCUT2D eigenvalue weighted by Crippen LogP contribution is 2.38. The zero-order valence-corrected chi connectivity index (χ0v) is 13.5. The maximum atomic E-state index is 12.9. The van der Waals surface area contributed by atoms with Gasteiger partial charge in [-0.25, -0.2) is 9.07 Å². The van der Waals surface area contributed by atoms with Crippen LogP contribution in [0.15, 0.2) is 41.2 Å². The zero-order valence-electron chi connectivity index (χ0n) is 13.5. The second-order valence-corrected chi connectivity index (χ2v) is 6.16. The summed E-state index contributed by atoms with van der Waals surface area (Å²) >= 11 is 0. The number of rotatable bonds is 6. The van der Waals surface area contributed by atoms with E-state index in [2.05, 4.69) is 10.4 Å². The van der Waals surface area contributed by atoms with Gasteiger partial charge in [0.1, 0.15) is 11.9 Å². The number of hydrogen-bond donors (Lipinski definition) is 1. The second-order valence-electron chi connectivity index (χ2n) is 6.16. The van der Waals surface area contributed by atoms with Gasteiger partial charge in [0.15, 0.2) is 0 Å². The molecule has 5 nitrogen and oxygen atoms in total. The Kier molecular flexibility index (Phi) is 4.74. The lowest BCUT2D eigenvalue weighted by molar-refractivity contribution is -0.124. The van der Waals surface area contributed by atoms with Crippen LogP contribution in [0.25, 0.3) is 0 Å². The molecule has 0 bridgehead atoms. The largest absolute Gasteiger partial charge is 0.354 e. The molecule has 1 heterocycles. The third-order valence-electron chi connectivity index (χ3n) is 4.21. The quantitative estimate of drug-likeness (QED) is 0.883. The molecule has 1 saturated carbocycles. The fraction of sp³-hybridized carbons (Fsp3) is 0.389. The first-order valence-electron chi connectivity index (χ1n) is 8.16. The van der Waals surface area contributed by atoms with E-state index in [9.17, 15) is 14.0 Å². The van der Waals surface area contributed by atoms with Crippen molar-refractivity contribution < 1.29 is 9.18 Å². The summed E-state index contributed by atoms with van der Waals surface area (Å²) in [6, 6.07) is 8.73. The van der Waals surface area contributed by atoms with Gasteiger partial charge in [-0.1, -0.05) is 12.1 Å². The number of amides is 1. The summed E-state index contributed by atoms with van der Waals surface area (Å²) in [6.45, 7) is 2.09. The van der Waals surface area contributed by atoms with Gasteiger partial charge in [0.05, 0.1) is 5.69 Å². The van der Waals surface area contributed by atoms with Gasteiger partial charge in [-0.2, -0.15) is 5.10 Å². The highest BCUT2D eigenvalue weighted by Gasteiger charge is 2.26. The van der Waals surface area contributed by atoms with Crippen molar-refractivity contribution in [2.24, 2.45) is 0 Å². The van der Waals surface area contributed by atoms with E-state index < -0.39 is 6.04 Å². The van der Waals surface area contributed by atoms with Crippen LogP contribution >= 0.6 is 0 Å². The minimum atomic E-state index is -0.663. The van der Waals surface area contributed by atoms with E-state index in [1.807, 2.05) is 0 Å². The molecule has 0 saturated heterocycles. The molecule has 0 aliphatic heterocycles. The number of hydrogen-bond acceptors (Lipinski definition) is 3. The molecule has 6 heteroatoms. The van der Waals surface area contributed by atoms with Crippen molar-refractivity contribution in [3.05, 3.63) is 63.8 Å². The number of carbonyl (C=O) groups excluding carboxylic acids is 1. The first kappa shape index (κ1) is 16.4. The molecule has 1 aromatic carbocycles. The average molecular weight is 329 g/mol. The van der Waals surface area contributed by atoms with Crippen LogP contribution in [0.1, 0.15) is 43.0 Å². The van der Waals surface area contributed by atoms with E-state index in [0.717, 1.165) is 24.1 Å². The normalized spacial score (nSPS) is 15.1. The number of nitrogens with zero attached hydrogens (tertiary/aromatic N) is 2. The summed E-state index contributed by atoms with van der Waals surface area (Å²) in [5.74, 6) is -0.109. The fourth-order valence-corrected chi connectivity index (χ4v) is 2.55. The minimum absolute atomic E-state index is 0.250. The molecule has 2 aromatic rings. The summed E-state index contributed by atoms with van der Waals surface area (Å²) < 4.78 is 14.1. The molecule has 0 spiro atoms. The third-order valence-corrected chi connectivity index (χ3v) is 4.21. The highest BCUT2D eigenvalue weighted by molar-refractivity contribution is 5.79. The zero-order chi connectivity index (χ0) is 17.1. The fourth-order valence-electron chi connectivity index (χ4n) is 2.55. The number of halogens is 1. The van der Waals surface area contributed by atoms with Crippen LogP contribution < -0.4 is 10.9 Å². The summed E-state index contributed by atoms with van der Waals surface area (Å²) in [6.07, 6.45) is 2.77. The average Bonchev–Trinajstić information content (AvgIpc) is 3.41. The van der Waals surface area contributed by atoms with Crippen molar-refractivity contribution in [2.45, 2.75) is 38.1 Å². The van der Waals surface area contributed by atoms with Crippen LogP contribution in [0, 0.1) is 5.82 Å². The van der Waals surface area contributed by atoms with Crippen molar-refractivity contribution >= 4 is 5.91 Å². The van der Waals surface area contributed by atoms with Crippen molar-refractivity contribution in [1.82, 2.24) is 15.1 Å².